The van der Waals surface area contributed by atoms with Crippen LogP contribution in [0.4, 0.5) is 10.2 Å². The lowest BCUT2D eigenvalue weighted by molar-refractivity contribution is -0.119. The number of anilines is 1. The number of pyridine rings is 1. The standard InChI is InChI=1S/C22H21FN4O3/c1-3-14(2)21(29)26-20-22(30)27(9-8-25-20)13-15-10-17(12-24-11-15)19(28)16-4-6-18(23)7-5-16/h4-12,14H,3,13H2,1-2H3,(H,25,26,29)/t14-/m1/s1. The molecule has 3 rings (SSSR count). The molecule has 1 N–H and O–H groups in total. The van der Waals surface area contributed by atoms with Crippen LogP contribution in [-0.4, -0.2) is 26.2 Å². The highest BCUT2D eigenvalue weighted by molar-refractivity contribution is 6.08. The van der Waals surface area contributed by atoms with E-state index >= 15 is 0 Å². The van der Waals surface area contributed by atoms with Crippen LogP contribution in [0.25, 0.3) is 0 Å². The molecule has 8 heteroatoms. The summed E-state index contributed by atoms with van der Waals surface area (Å²) in [6.45, 7) is 3.80. The van der Waals surface area contributed by atoms with Gasteiger partial charge in [-0.25, -0.2) is 9.37 Å². The van der Waals surface area contributed by atoms with E-state index in [1.165, 1.54) is 47.4 Å². The number of hydrogen-bond donors (Lipinski definition) is 1. The Morgan fingerprint density at radius 1 is 1.17 bits per heavy atom. The summed E-state index contributed by atoms with van der Waals surface area (Å²) in [5.41, 5.74) is 0.831. The summed E-state index contributed by atoms with van der Waals surface area (Å²) < 4.78 is 14.5. The highest BCUT2D eigenvalue weighted by Gasteiger charge is 2.15. The smallest absolute Gasteiger partial charge is 0.294 e. The lowest BCUT2D eigenvalue weighted by Crippen LogP contribution is -2.29. The van der Waals surface area contributed by atoms with Gasteiger partial charge in [-0.2, -0.15) is 0 Å². The van der Waals surface area contributed by atoms with Crippen molar-refractivity contribution in [3.63, 3.8) is 0 Å². The maximum absolute atomic E-state index is 13.1. The van der Waals surface area contributed by atoms with Crippen molar-refractivity contribution in [2.24, 2.45) is 5.92 Å². The fourth-order valence-electron chi connectivity index (χ4n) is 2.75. The summed E-state index contributed by atoms with van der Waals surface area (Å²) in [7, 11) is 0. The lowest BCUT2D eigenvalue weighted by atomic mass is 10.0. The topological polar surface area (TPSA) is 93.9 Å². The zero-order valence-electron chi connectivity index (χ0n) is 16.6. The normalized spacial score (nSPS) is 11.7. The molecule has 0 unspecified atom stereocenters. The maximum atomic E-state index is 13.1. The van der Waals surface area contributed by atoms with Gasteiger partial charge in [-0.05, 0) is 42.3 Å². The second-order valence-electron chi connectivity index (χ2n) is 6.93. The molecule has 1 amide bonds. The minimum atomic E-state index is -0.454. The first kappa shape index (κ1) is 21.0. The number of carbonyl (C=O) groups is 2. The van der Waals surface area contributed by atoms with Gasteiger partial charge in [0.2, 0.25) is 5.91 Å². The van der Waals surface area contributed by atoms with E-state index in [9.17, 15) is 18.8 Å². The van der Waals surface area contributed by atoms with Gasteiger partial charge in [-0.3, -0.25) is 19.4 Å². The molecule has 2 heterocycles. The van der Waals surface area contributed by atoms with Gasteiger partial charge in [0.25, 0.3) is 5.56 Å². The predicted octanol–water partition coefficient (Wildman–Crippen LogP) is 3.04. The molecule has 0 fully saturated rings. The van der Waals surface area contributed by atoms with Crippen LogP contribution in [0.2, 0.25) is 0 Å². The minimum absolute atomic E-state index is 0.0469. The van der Waals surface area contributed by atoms with Crippen molar-refractivity contribution in [2.45, 2.75) is 26.8 Å². The molecule has 30 heavy (non-hydrogen) atoms. The first-order valence-electron chi connectivity index (χ1n) is 9.49. The van der Waals surface area contributed by atoms with E-state index in [2.05, 4.69) is 15.3 Å². The highest BCUT2D eigenvalue weighted by atomic mass is 19.1. The summed E-state index contributed by atoms with van der Waals surface area (Å²) in [6, 6.07) is 6.88. The van der Waals surface area contributed by atoms with Gasteiger partial charge in [-0.15, -0.1) is 0 Å². The van der Waals surface area contributed by atoms with Crippen molar-refractivity contribution in [3.05, 3.63) is 88.0 Å². The van der Waals surface area contributed by atoms with Gasteiger partial charge >= 0.3 is 0 Å². The van der Waals surface area contributed by atoms with Crippen molar-refractivity contribution in [1.82, 2.24) is 14.5 Å². The van der Waals surface area contributed by atoms with Crippen LogP contribution in [0.1, 0.15) is 41.8 Å². The quantitative estimate of drug-likeness (QED) is 0.607. The van der Waals surface area contributed by atoms with E-state index in [0.29, 0.717) is 23.1 Å². The Morgan fingerprint density at radius 3 is 2.60 bits per heavy atom. The largest absolute Gasteiger partial charge is 0.306 e. The maximum Gasteiger partial charge on any atom is 0.294 e. The molecule has 0 aliphatic rings. The van der Waals surface area contributed by atoms with Gasteiger partial charge in [0.1, 0.15) is 5.82 Å². The van der Waals surface area contributed by atoms with E-state index in [1.54, 1.807) is 19.2 Å². The molecule has 3 aromatic rings. The molecule has 2 aromatic heterocycles. The van der Waals surface area contributed by atoms with Crippen LogP contribution in [0.15, 0.2) is 59.9 Å². The Balaban J connectivity index is 1.82. The average molecular weight is 408 g/mol. The number of aromatic nitrogens is 3. The van der Waals surface area contributed by atoms with Crippen LogP contribution in [0.3, 0.4) is 0 Å². The number of carbonyl (C=O) groups excluding carboxylic acids is 2. The number of amides is 1. The van der Waals surface area contributed by atoms with Crippen molar-refractivity contribution in [1.29, 1.82) is 0 Å². The molecule has 0 saturated carbocycles. The molecule has 0 spiro atoms. The van der Waals surface area contributed by atoms with E-state index in [1.807, 2.05) is 6.92 Å². The van der Waals surface area contributed by atoms with Crippen LogP contribution in [0.5, 0.6) is 0 Å². The second kappa shape index (κ2) is 9.21. The van der Waals surface area contributed by atoms with E-state index in [-0.39, 0.29) is 30.0 Å². The average Bonchev–Trinajstić information content (AvgIpc) is 2.76. The van der Waals surface area contributed by atoms with Crippen molar-refractivity contribution in [3.8, 4) is 0 Å². The van der Waals surface area contributed by atoms with E-state index < -0.39 is 11.4 Å². The third-order valence-electron chi connectivity index (χ3n) is 4.73. The Morgan fingerprint density at radius 2 is 1.90 bits per heavy atom. The van der Waals surface area contributed by atoms with Crippen LogP contribution in [-0.2, 0) is 11.3 Å². The number of hydrogen-bond acceptors (Lipinski definition) is 5. The fraction of sp³-hybridized carbons (Fsp3) is 0.227. The minimum Gasteiger partial charge on any atom is -0.306 e. The number of nitrogens with one attached hydrogen (secondary N) is 1. The molecule has 0 bridgehead atoms. The number of halogens is 1. The van der Waals surface area contributed by atoms with Crippen LogP contribution in [0, 0.1) is 11.7 Å². The zero-order chi connectivity index (χ0) is 21.7. The SMILES string of the molecule is CC[C@@H](C)C(=O)Nc1nccn(Cc2cncc(C(=O)c3ccc(F)cc3)c2)c1=O. The third-order valence-corrected chi connectivity index (χ3v) is 4.73. The van der Waals surface area contributed by atoms with E-state index in [4.69, 9.17) is 0 Å². The molecular formula is C22H21FN4O3. The second-order valence-corrected chi connectivity index (χ2v) is 6.93. The zero-order valence-corrected chi connectivity index (χ0v) is 16.6. The molecule has 1 atom stereocenters. The number of benzene rings is 1. The molecule has 0 aliphatic heterocycles. The van der Waals surface area contributed by atoms with Crippen molar-refractivity contribution < 1.29 is 14.0 Å². The van der Waals surface area contributed by atoms with Gasteiger partial charge in [-0.1, -0.05) is 13.8 Å². The summed E-state index contributed by atoms with van der Waals surface area (Å²) in [5, 5.41) is 2.56. The van der Waals surface area contributed by atoms with Gasteiger partial charge in [0.05, 0.1) is 6.54 Å². The molecule has 0 aliphatic carbocycles. The van der Waals surface area contributed by atoms with Crippen molar-refractivity contribution >= 4 is 17.5 Å². The Kier molecular flexibility index (Phi) is 6.46. The summed E-state index contributed by atoms with van der Waals surface area (Å²) in [6.07, 6.45) is 6.53. The molecule has 0 saturated heterocycles. The van der Waals surface area contributed by atoms with Crippen LogP contribution < -0.4 is 10.9 Å². The molecule has 1 aromatic carbocycles. The Labute approximate surface area is 172 Å². The van der Waals surface area contributed by atoms with Gasteiger partial charge < -0.3 is 9.88 Å². The fourth-order valence-corrected chi connectivity index (χ4v) is 2.75. The molecular weight excluding hydrogens is 387 g/mol. The first-order valence-corrected chi connectivity index (χ1v) is 9.49. The molecule has 154 valence electrons. The summed E-state index contributed by atoms with van der Waals surface area (Å²) in [5.74, 6) is -1.28. The third kappa shape index (κ3) is 4.83. The number of rotatable bonds is 7. The number of nitrogens with zero attached hydrogens (tertiary/aromatic N) is 3. The number of ketones is 1. The van der Waals surface area contributed by atoms with Gasteiger partial charge in [0.15, 0.2) is 11.6 Å². The monoisotopic (exact) mass is 408 g/mol. The van der Waals surface area contributed by atoms with E-state index in [0.717, 1.165) is 0 Å². The van der Waals surface area contributed by atoms with Crippen LogP contribution >= 0.6 is 0 Å². The predicted molar refractivity (Wildman–Crippen MR) is 110 cm³/mol. The summed E-state index contributed by atoms with van der Waals surface area (Å²) in [4.78, 5) is 45.4. The van der Waals surface area contributed by atoms with Crippen molar-refractivity contribution in [2.75, 3.05) is 5.32 Å². The lowest BCUT2D eigenvalue weighted by Gasteiger charge is -2.11. The Hall–Kier alpha value is -3.68. The Bertz CT molecular complexity index is 1130. The first-order chi connectivity index (χ1) is 14.4. The molecule has 0 radical (unpaired) electrons. The summed E-state index contributed by atoms with van der Waals surface area (Å²) >= 11 is 0. The van der Waals surface area contributed by atoms with Gasteiger partial charge in [0, 0.05) is 41.8 Å². The highest BCUT2D eigenvalue weighted by Crippen LogP contribution is 2.12. The molecule has 7 nitrogen and oxygen atoms in total.